The predicted octanol–water partition coefficient (Wildman–Crippen LogP) is 2.17. The van der Waals surface area contributed by atoms with E-state index in [9.17, 15) is 45.5 Å². The molecule has 0 atom stereocenters. The Bertz CT molecular complexity index is 1090. The van der Waals surface area contributed by atoms with Gasteiger partial charge in [0.1, 0.15) is 5.75 Å². The van der Waals surface area contributed by atoms with Crippen LogP contribution in [0.1, 0.15) is 16.1 Å². The van der Waals surface area contributed by atoms with Gasteiger partial charge in [-0.1, -0.05) is 6.07 Å². The van der Waals surface area contributed by atoms with Gasteiger partial charge in [-0.2, -0.15) is 26.3 Å². The van der Waals surface area contributed by atoms with Gasteiger partial charge < -0.3 is 21.1 Å². The maximum atomic E-state index is 12.0. The normalized spacial score (nSPS) is 12.8. The lowest BCUT2D eigenvalue weighted by Crippen LogP contribution is -2.39. The van der Waals surface area contributed by atoms with Crippen LogP contribution in [0.5, 0.6) is 5.75 Å². The minimum atomic E-state index is -5.77. The van der Waals surface area contributed by atoms with Crippen LogP contribution in [0.25, 0.3) is 0 Å². The lowest BCUT2D eigenvalue weighted by molar-refractivity contribution is -0.193. The molecule has 2 amide bonds. The summed E-state index contributed by atoms with van der Waals surface area (Å²) in [5, 5.41) is 5.46. The van der Waals surface area contributed by atoms with Crippen molar-refractivity contribution in [2.24, 2.45) is 0 Å². The number of nitrogens with one attached hydrogen (secondary N) is 2. The van der Waals surface area contributed by atoms with E-state index >= 15 is 0 Å². The number of aromatic nitrogens is 1. The molecule has 34 heavy (non-hydrogen) atoms. The van der Waals surface area contributed by atoms with Crippen molar-refractivity contribution in [1.29, 1.82) is 0 Å². The second-order valence-electron chi connectivity index (χ2n) is 6.45. The Morgan fingerprint density at radius 2 is 1.68 bits per heavy atom. The molecule has 0 bridgehead atoms. The number of anilines is 2. The summed E-state index contributed by atoms with van der Waals surface area (Å²) in [7, 11) is 0. The van der Waals surface area contributed by atoms with E-state index in [1.54, 1.807) is 24.3 Å². The molecule has 9 nitrogen and oxygen atoms in total. The van der Waals surface area contributed by atoms with E-state index in [-0.39, 0.29) is 30.7 Å². The molecule has 0 saturated carbocycles. The number of halogens is 6. The molecule has 1 aromatic carbocycles. The summed E-state index contributed by atoms with van der Waals surface area (Å²) >= 11 is 0. The first-order chi connectivity index (χ1) is 15.7. The number of benzene rings is 1. The fraction of sp³-hybridized carbons (Fsp3) is 0.211. The van der Waals surface area contributed by atoms with Crippen molar-refractivity contribution in [3.63, 3.8) is 0 Å². The number of ketones is 2. The zero-order chi connectivity index (χ0) is 25.7. The molecule has 1 aliphatic rings. The number of fused-ring (bicyclic) bond motifs is 1. The summed E-state index contributed by atoms with van der Waals surface area (Å²) < 4.78 is 72.2. The lowest BCUT2D eigenvalue weighted by Gasteiger charge is -2.18. The fourth-order valence-electron chi connectivity index (χ4n) is 2.37. The standard InChI is InChI=1S/C15H14N4O3.C4F6O2/c16-10-2-1-5-17-14(10)15(21)18-7-9-3-4-12-11(6-9)19-13(20)8-22-12;5-3(6,7)1(11)2(12)4(8,9)10/h1-6H,7-8,16H2,(H,18,21)(H,19,20);. The molecule has 3 rings (SSSR count). The van der Waals surface area contributed by atoms with E-state index in [0.29, 0.717) is 17.1 Å². The maximum Gasteiger partial charge on any atom is 0.458 e. The van der Waals surface area contributed by atoms with Crippen molar-refractivity contribution < 1.29 is 50.3 Å². The highest BCUT2D eigenvalue weighted by molar-refractivity contribution is 6.41. The number of hydrogen-bond donors (Lipinski definition) is 3. The van der Waals surface area contributed by atoms with Gasteiger partial charge in [0.2, 0.25) is 0 Å². The van der Waals surface area contributed by atoms with E-state index in [1.165, 1.54) is 6.20 Å². The molecular formula is C19H14F6N4O5. The first-order valence-corrected chi connectivity index (χ1v) is 8.97. The summed E-state index contributed by atoms with van der Waals surface area (Å²) in [6.07, 6.45) is -10.0. The number of pyridine rings is 1. The van der Waals surface area contributed by atoms with Crippen molar-refractivity contribution in [2.75, 3.05) is 17.7 Å². The topological polar surface area (TPSA) is 140 Å². The molecule has 4 N–H and O–H groups in total. The van der Waals surface area contributed by atoms with Crippen LogP contribution in [-0.4, -0.2) is 47.3 Å². The number of amides is 2. The van der Waals surface area contributed by atoms with Crippen molar-refractivity contribution >= 4 is 34.8 Å². The molecule has 0 radical (unpaired) electrons. The van der Waals surface area contributed by atoms with Crippen LogP contribution in [0.2, 0.25) is 0 Å². The quantitative estimate of drug-likeness (QED) is 0.439. The average Bonchev–Trinajstić information content (AvgIpc) is 2.75. The number of nitrogens with two attached hydrogens (primary N) is 1. The summed E-state index contributed by atoms with van der Waals surface area (Å²) in [4.78, 5) is 46.5. The first-order valence-electron chi connectivity index (χ1n) is 8.97. The predicted molar refractivity (Wildman–Crippen MR) is 103 cm³/mol. The minimum absolute atomic E-state index is 0.0159. The number of alkyl halides is 6. The van der Waals surface area contributed by atoms with Crippen LogP contribution in [0, 0.1) is 0 Å². The van der Waals surface area contributed by atoms with Crippen LogP contribution >= 0.6 is 0 Å². The largest absolute Gasteiger partial charge is 0.482 e. The minimum Gasteiger partial charge on any atom is -0.482 e. The molecular weight excluding hydrogens is 478 g/mol. The fourth-order valence-corrected chi connectivity index (χ4v) is 2.37. The van der Waals surface area contributed by atoms with Crippen LogP contribution in [0.3, 0.4) is 0 Å². The summed E-state index contributed by atoms with van der Waals surface area (Å²) in [5.41, 5.74) is 7.65. The molecule has 182 valence electrons. The van der Waals surface area contributed by atoms with Crippen molar-refractivity contribution in [3.05, 3.63) is 47.8 Å². The van der Waals surface area contributed by atoms with Gasteiger partial charge in [-0.3, -0.25) is 19.2 Å². The van der Waals surface area contributed by atoms with Gasteiger partial charge >= 0.3 is 23.9 Å². The molecule has 0 unspecified atom stereocenters. The molecule has 1 aliphatic heterocycles. The molecule has 0 aliphatic carbocycles. The first kappa shape index (κ1) is 26.1. The van der Waals surface area contributed by atoms with Crippen LogP contribution < -0.4 is 21.1 Å². The number of nitrogen functional groups attached to an aromatic ring is 1. The number of ether oxygens (including phenoxy) is 1. The highest BCUT2D eigenvalue weighted by atomic mass is 19.4. The smallest absolute Gasteiger partial charge is 0.458 e. The van der Waals surface area contributed by atoms with Gasteiger partial charge in [-0.15, -0.1) is 0 Å². The summed E-state index contributed by atoms with van der Waals surface area (Å²) in [6, 6.07) is 8.62. The molecule has 0 fully saturated rings. The zero-order valence-electron chi connectivity index (χ0n) is 16.7. The Balaban J connectivity index is 0.000000292. The number of carbonyl (C=O) groups is 4. The molecule has 2 heterocycles. The number of hydrogen-bond acceptors (Lipinski definition) is 7. The summed E-state index contributed by atoms with van der Waals surface area (Å²) in [6.45, 7) is 0.306. The molecule has 0 spiro atoms. The van der Waals surface area contributed by atoms with Crippen molar-refractivity contribution in [1.82, 2.24) is 10.3 Å². The third-order valence-corrected chi connectivity index (χ3v) is 3.91. The molecule has 2 aromatic rings. The number of rotatable bonds is 4. The van der Waals surface area contributed by atoms with Crippen molar-refractivity contribution in [2.45, 2.75) is 18.9 Å². The SMILES string of the molecule is Nc1cccnc1C(=O)NCc1ccc2c(c1)NC(=O)CO2.O=C(C(=O)C(F)(F)F)C(F)(F)F. The van der Waals surface area contributed by atoms with E-state index in [0.717, 1.165) is 5.56 Å². The Kier molecular flexibility index (Phi) is 7.81. The summed E-state index contributed by atoms with van der Waals surface area (Å²) in [5.74, 6) is -6.75. The van der Waals surface area contributed by atoms with Gasteiger partial charge in [0.05, 0.1) is 11.4 Å². The maximum absolute atomic E-state index is 12.0. The monoisotopic (exact) mass is 492 g/mol. The van der Waals surface area contributed by atoms with Crippen molar-refractivity contribution in [3.8, 4) is 5.75 Å². The van der Waals surface area contributed by atoms with Gasteiger partial charge in [0.15, 0.2) is 12.3 Å². The Hall–Kier alpha value is -4.17. The Labute approximate surface area is 186 Å². The third kappa shape index (κ3) is 6.91. The van der Waals surface area contributed by atoms with E-state index in [1.807, 2.05) is 6.07 Å². The van der Waals surface area contributed by atoms with E-state index in [4.69, 9.17) is 10.5 Å². The number of Topliss-reactive ketones (excluding diaryl/α,β-unsaturated/α-hetero) is 2. The van der Waals surface area contributed by atoms with Crippen LogP contribution in [0.4, 0.5) is 37.7 Å². The highest BCUT2D eigenvalue weighted by Crippen LogP contribution is 2.28. The molecule has 0 saturated heterocycles. The van der Waals surface area contributed by atoms with Gasteiger partial charge in [0.25, 0.3) is 11.8 Å². The second-order valence-corrected chi connectivity index (χ2v) is 6.45. The molecule has 1 aromatic heterocycles. The van der Waals surface area contributed by atoms with E-state index < -0.39 is 23.9 Å². The van der Waals surface area contributed by atoms with E-state index in [2.05, 4.69) is 15.6 Å². The average molecular weight is 492 g/mol. The zero-order valence-corrected chi connectivity index (χ0v) is 16.7. The third-order valence-electron chi connectivity index (χ3n) is 3.91. The van der Waals surface area contributed by atoms with Gasteiger partial charge in [0, 0.05) is 12.7 Å². The van der Waals surface area contributed by atoms with Crippen LogP contribution in [-0.2, 0) is 20.9 Å². The van der Waals surface area contributed by atoms with Gasteiger partial charge in [-0.25, -0.2) is 4.98 Å². The second kappa shape index (κ2) is 10.2. The highest BCUT2D eigenvalue weighted by Gasteiger charge is 2.54. The lowest BCUT2D eigenvalue weighted by atomic mass is 10.1. The Morgan fingerprint density at radius 1 is 1.06 bits per heavy atom. The molecule has 15 heteroatoms. The number of carbonyl (C=O) groups excluding carboxylic acids is 4. The Morgan fingerprint density at radius 3 is 2.24 bits per heavy atom. The number of nitrogens with zero attached hydrogens (tertiary/aromatic N) is 1. The van der Waals surface area contributed by atoms with Crippen LogP contribution in [0.15, 0.2) is 36.5 Å². The van der Waals surface area contributed by atoms with Gasteiger partial charge in [-0.05, 0) is 29.8 Å².